The van der Waals surface area contributed by atoms with E-state index in [4.69, 9.17) is 9.73 Å². The van der Waals surface area contributed by atoms with Crippen LogP contribution < -0.4 is 15.6 Å². The van der Waals surface area contributed by atoms with Crippen molar-refractivity contribution in [2.45, 2.75) is 59.2 Å². The van der Waals surface area contributed by atoms with Gasteiger partial charge in [-0.1, -0.05) is 57.2 Å². The fraction of sp³-hybridized carbons (Fsp3) is 0.462. The van der Waals surface area contributed by atoms with Crippen molar-refractivity contribution < 1.29 is 9.13 Å². The van der Waals surface area contributed by atoms with Gasteiger partial charge in [0.25, 0.3) is 5.56 Å². The lowest BCUT2D eigenvalue weighted by Gasteiger charge is -2.61. The van der Waals surface area contributed by atoms with Crippen molar-refractivity contribution in [3.8, 4) is 5.75 Å². The lowest BCUT2D eigenvalue weighted by molar-refractivity contribution is -0.108. The van der Waals surface area contributed by atoms with Crippen molar-refractivity contribution in [3.63, 3.8) is 0 Å². The Morgan fingerprint density at radius 1 is 1.08 bits per heavy atom. The average molecular weight is 653 g/mol. The van der Waals surface area contributed by atoms with Gasteiger partial charge in [0.15, 0.2) is 5.96 Å². The highest BCUT2D eigenvalue weighted by atomic mass is 19.1. The molecule has 7 rings (SSSR count). The summed E-state index contributed by atoms with van der Waals surface area (Å²) in [6.45, 7) is 9.96. The molecule has 1 N–H and O–H groups in total. The fourth-order valence-corrected chi connectivity index (χ4v) is 7.65. The van der Waals surface area contributed by atoms with Crippen molar-refractivity contribution in [2.75, 3.05) is 39.6 Å². The molecule has 0 amide bonds. The summed E-state index contributed by atoms with van der Waals surface area (Å²) in [5.74, 6) is 2.85. The van der Waals surface area contributed by atoms with Crippen molar-refractivity contribution in [1.29, 1.82) is 0 Å². The Labute approximate surface area is 283 Å². The van der Waals surface area contributed by atoms with Crippen LogP contribution >= 0.6 is 0 Å². The van der Waals surface area contributed by atoms with Crippen molar-refractivity contribution >= 4 is 22.5 Å². The Morgan fingerprint density at radius 2 is 1.88 bits per heavy atom. The number of likely N-dealkylation sites (N-methyl/N-ethyl adjacent to an activating group) is 1. The fourth-order valence-electron chi connectivity index (χ4n) is 7.65. The van der Waals surface area contributed by atoms with E-state index in [1.54, 1.807) is 23.0 Å². The maximum absolute atomic E-state index is 14.5. The molecular formula is C39H49FN6O2. The highest BCUT2D eigenvalue weighted by Crippen LogP contribution is 2.61. The van der Waals surface area contributed by atoms with Gasteiger partial charge in [-0.05, 0) is 91.9 Å². The zero-order chi connectivity index (χ0) is 34.0. The molecule has 0 radical (unpaired) electrons. The number of halogens is 1. The van der Waals surface area contributed by atoms with Crippen molar-refractivity contribution in [2.24, 2.45) is 28.2 Å². The number of ether oxygens (including phenoxy) is 1. The van der Waals surface area contributed by atoms with Crippen LogP contribution in [0.3, 0.4) is 0 Å². The Morgan fingerprint density at radius 3 is 2.56 bits per heavy atom. The molecule has 4 unspecified atom stereocenters. The highest BCUT2D eigenvalue weighted by Gasteiger charge is 2.56. The molecule has 3 saturated carbocycles. The number of fused-ring (bicyclic) bond motifs is 3. The maximum Gasteiger partial charge on any atom is 0.261 e. The molecule has 254 valence electrons. The third-order valence-corrected chi connectivity index (χ3v) is 10.9. The first-order valence-corrected chi connectivity index (χ1v) is 17.1. The van der Waals surface area contributed by atoms with Crippen molar-refractivity contribution in [1.82, 2.24) is 19.4 Å². The van der Waals surface area contributed by atoms with Crippen LogP contribution in [0.5, 0.6) is 5.75 Å². The van der Waals surface area contributed by atoms with Crippen molar-refractivity contribution in [3.05, 3.63) is 100 Å². The van der Waals surface area contributed by atoms with Gasteiger partial charge in [-0.25, -0.2) is 14.4 Å². The molecule has 48 heavy (non-hydrogen) atoms. The number of aliphatic imine (C=N–C) groups is 1. The molecule has 2 bridgehead atoms. The second-order valence-corrected chi connectivity index (χ2v) is 14.5. The number of guanidine groups is 1. The van der Waals surface area contributed by atoms with Gasteiger partial charge in [0.2, 0.25) is 0 Å². The zero-order valence-electron chi connectivity index (χ0n) is 29.1. The van der Waals surface area contributed by atoms with Gasteiger partial charge in [-0.15, -0.1) is 0 Å². The van der Waals surface area contributed by atoms with Crippen LogP contribution in [0, 0.1) is 29.0 Å². The van der Waals surface area contributed by atoms with E-state index >= 15 is 0 Å². The predicted molar refractivity (Wildman–Crippen MR) is 192 cm³/mol. The molecule has 0 aliphatic heterocycles. The van der Waals surface area contributed by atoms with E-state index in [-0.39, 0.29) is 17.4 Å². The number of hydrogen-bond acceptors (Lipinski definition) is 5. The van der Waals surface area contributed by atoms with E-state index in [2.05, 4.69) is 79.2 Å². The molecule has 0 spiro atoms. The first-order valence-electron chi connectivity index (χ1n) is 17.1. The number of nitrogens with one attached hydrogen (secondary N) is 1. The normalized spacial score (nSPS) is 21.6. The molecule has 4 aromatic rings. The number of rotatable bonds is 11. The Balaban J connectivity index is 1.28. The number of benzene rings is 3. The first-order chi connectivity index (χ1) is 23.0. The zero-order valence-corrected chi connectivity index (χ0v) is 29.1. The number of methoxy groups -OCH3 is 1. The first kappa shape index (κ1) is 33.7. The summed E-state index contributed by atoms with van der Waals surface area (Å²) in [6, 6.07) is 21.3. The minimum absolute atomic E-state index is 0.149. The smallest absolute Gasteiger partial charge is 0.261 e. The molecular weight excluding hydrogens is 603 g/mol. The van der Waals surface area contributed by atoms with E-state index in [1.165, 1.54) is 25.2 Å². The Kier molecular flexibility index (Phi) is 9.88. The van der Waals surface area contributed by atoms with Crippen LogP contribution in [0.1, 0.15) is 44.7 Å². The van der Waals surface area contributed by atoms with Gasteiger partial charge in [-0.2, -0.15) is 0 Å². The molecule has 1 heterocycles. The molecule has 3 aliphatic rings. The SMILES string of the molecule is COc1ccc(CCn2cnc3cc(NC(=NC4CC5CC(C4C)C5(C)C)N(CCN(C)C)Cc4ccccc4)ccc3c2=O)c(F)c1. The van der Waals surface area contributed by atoms with Crippen LogP contribution in [0.2, 0.25) is 0 Å². The standard InChI is InChI=1S/C39H49FN6O2/c1-26-33-20-29(39(33,2)3)21-35(26)43-38(45(19-18-44(4)5)24-27-10-8-7-9-11-27)42-30-13-15-32-36(22-30)41-25-46(37(32)47)17-16-28-12-14-31(48-6)23-34(28)40/h7-15,22-23,25-26,29,33,35H,16-21,24H2,1-6H3,(H,42,43). The average Bonchev–Trinajstić information content (AvgIpc) is 3.07. The molecule has 0 saturated heterocycles. The van der Waals surface area contributed by atoms with Gasteiger partial charge >= 0.3 is 0 Å². The second-order valence-electron chi connectivity index (χ2n) is 14.5. The third kappa shape index (κ3) is 7.11. The van der Waals surface area contributed by atoms with E-state index < -0.39 is 0 Å². The van der Waals surface area contributed by atoms with Crippen LogP contribution in [0.4, 0.5) is 10.1 Å². The van der Waals surface area contributed by atoms with Gasteiger partial charge in [-0.3, -0.25) is 9.36 Å². The summed E-state index contributed by atoms with van der Waals surface area (Å²) in [5, 5.41) is 4.21. The number of aromatic nitrogens is 2. The van der Waals surface area contributed by atoms with Gasteiger partial charge in [0, 0.05) is 37.9 Å². The Hall–Kier alpha value is -4.24. The van der Waals surface area contributed by atoms with Crippen LogP contribution in [-0.2, 0) is 19.5 Å². The van der Waals surface area contributed by atoms with E-state index in [0.717, 1.165) is 37.7 Å². The summed E-state index contributed by atoms with van der Waals surface area (Å²) in [7, 11) is 5.70. The van der Waals surface area contributed by atoms with E-state index in [1.807, 2.05) is 24.3 Å². The Bertz CT molecular complexity index is 1820. The van der Waals surface area contributed by atoms with Gasteiger partial charge < -0.3 is 19.9 Å². The molecule has 8 nitrogen and oxygen atoms in total. The molecule has 9 heteroatoms. The van der Waals surface area contributed by atoms with Gasteiger partial charge in [0.1, 0.15) is 11.6 Å². The second kappa shape index (κ2) is 14.1. The summed E-state index contributed by atoms with van der Waals surface area (Å²) < 4.78 is 21.2. The molecule has 3 aromatic carbocycles. The molecule has 1 aromatic heterocycles. The summed E-state index contributed by atoms with van der Waals surface area (Å²) in [5.41, 5.74) is 3.42. The number of nitrogens with zero attached hydrogens (tertiary/aromatic N) is 5. The van der Waals surface area contributed by atoms with Crippen LogP contribution in [0.25, 0.3) is 10.9 Å². The third-order valence-electron chi connectivity index (χ3n) is 10.9. The predicted octanol–water partition coefficient (Wildman–Crippen LogP) is 6.69. The topological polar surface area (TPSA) is 75.0 Å². The van der Waals surface area contributed by atoms with Gasteiger partial charge in [0.05, 0.1) is 30.4 Å². The summed E-state index contributed by atoms with van der Waals surface area (Å²) in [4.78, 5) is 28.2. The lowest BCUT2D eigenvalue weighted by Crippen LogP contribution is -2.56. The van der Waals surface area contributed by atoms with Crippen LogP contribution in [-0.4, -0.2) is 65.6 Å². The lowest BCUT2D eigenvalue weighted by atomic mass is 9.45. The maximum atomic E-state index is 14.5. The number of anilines is 1. The minimum atomic E-state index is -0.348. The molecule has 4 atom stereocenters. The quantitative estimate of drug-likeness (QED) is 0.144. The minimum Gasteiger partial charge on any atom is -0.497 e. The molecule has 3 aliphatic carbocycles. The van der Waals surface area contributed by atoms with Crippen LogP contribution in [0.15, 0.2) is 82.8 Å². The van der Waals surface area contributed by atoms with E-state index in [9.17, 15) is 9.18 Å². The van der Waals surface area contributed by atoms with E-state index in [0.29, 0.717) is 58.4 Å². The largest absolute Gasteiger partial charge is 0.497 e. The summed E-state index contributed by atoms with van der Waals surface area (Å²) in [6.07, 6.45) is 4.33. The monoisotopic (exact) mass is 652 g/mol. The number of hydrogen-bond donors (Lipinski definition) is 1. The molecule has 3 fully saturated rings. The summed E-state index contributed by atoms with van der Waals surface area (Å²) >= 11 is 0. The highest BCUT2D eigenvalue weighted by molar-refractivity contribution is 5.95. The number of aryl methyl sites for hydroxylation is 2.